The average Bonchev–Trinajstić information content (AvgIpc) is 2.34. The molecule has 5 nitrogen and oxygen atoms in total. The summed E-state index contributed by atoms with van der Waals surface area (Å²) in [5.74, 6) is 0.419. The molecular weight excluding hydrogens is 279 g/mol. The molecule has 2 aromatic rings. The van der Waals surface area contributed by atoms with Gasteiger partial charge in [-0.25, -0.2) is 4.98 Å². The molecule has 0 aliphatic heterocycles. The maximum Gasteiger partial charge on any atom is 0.273 e. The van der Waals surface area contributed by atoms with Crippen molar-refractivity contribution in [1.82, 2.24) is 4.98 Å². The highest BCUT2D eigenvalue weighted by molar-refractivity contribution is 6.32. The van der Waals surface area contributed by atoms with E-state index >= 15 is 0 Å². The number of hydrogen-bond donors (Lipinski definition) is 0. The van der Waals surface area contributed by atoms with Crippen LogP contribution >= 0.6 is 23.2 Å². The van der Waals surface area contributed by atoms with Gasteiger partial charge in [0.05, 0.1) is 21.0 Å². The van der Waals surface area contributed by atoms with Gasteiger partial charge in [0.25, 0.3) is 5.69 Å². The number of nitro benzene ring substituents is 1. The normalized spacial score (nSPS) is 10.1. The highest BCUT2D eigenvalue weighted by Crippen LogP contribution is 2.32. The number of benzene rings is 1. The summed E-state index contributed by atoms with van der Waals surface area (Å²) in [7, 11) is 0. The molecule has 0 aliphatic rings. The third-order valence-electron chi connectivity index (χ3n) is 2.04. The van der Waals surface area contributed by atoms with Crippen molar-refractivity contribution in [3.8, 4) is 11.6 Å². The Labute approximate surface area is 112 Å². The van der Waals surface area contributed by atoms with Crippen molar-refractivity contribution < 1.29 is 9.66 Å². The standard InChI is InChI=1S/C11H6Cl2N2O3/c12-7-1-4-11(14-6-7)18-10-5-8(15(16)17)2-3-9(10)13/h1-6H. The van der Waals surface area contributed by atoms with Gasteiger partial charge in [0.1, 0.15) is 0 Å². The summed E-state index contributed by atoms with van der Waals surface area (Å²) in [6.07, 6.45) is 1.40. The van der Waals surface area contributed by atoms with Gasteiger partial charge in [0.15, 0.2) is 5.75 Å². The van der Waals surface area contributed by atoms with Crippen molar-refractivity contribution >= 4 is 28.9 Å². The van der Waals surface area contributed by atoms with Crippen LogP contribution < -0.4 is 4.74 Å². The van der Waals surface area contributed by atoms with Crippen LogP contribution in [0.4, 0.5) is 5.69 Å². The Hall–Kier alpha value is -1.85. The Kier molecular flexibility index (Phi) is 3.64. The third-order valence-corrected chi connectivity index (χ3v) is 2.58. The fraction of sp³-hybridized carbons (Fsp3) is 0. The summed E-state index contributed by atoms with van der Waals surface area (Å²) in [4.78, 5) is 14.0. The number of ether oxygens (including phenoxy) is 1. The van der Waals surface area contributed by atoms with Crippen LogP contribution in [0.2, 0.25) is 10.0 Å². The Morgan fingerprint density at radius 1 is 1.22 bits per heavy atom. The predicted octanol–water partition coefficient (Wildman–Crippen LogP) is 4.09. The number of pyridine rings is 1. The fourth-order valence-electron chi connectivity index (χ4n) is 1.22. The molecule has 0 radical (unpaired) electrons. The molecule has 0 saturated heterocycles. The van der Waals surface area contributed by atoms with Gasteiger partial charge in [-0.3, -0.25) is 10.1 Å². The molecule has 0 unspecified atom stereocenters. The fourth-order valence-corrected chi connectivity index (χ4v) is 1.49. The highest BCUT2D eigenvalue weighted by atomic mass is 35.5. The van der Waals surface area contributed by atoms with Gasteiger partial charge >= 0.3 is 0 Å². The van der Waals surface area contributed by atoms with Crippen LogP contribution in [0.5, 0.6) is 11.6 Å². The molecule has 2 rings (SSSR count). The second kappa shape index (κ2) is 5.20. The van der Waals surface area contributed by atoms with E-state index in [-0.39, 0.29) is 22.3 Å². The van der Waals surface area contributed by atoms with Gasteiger partial charge in [-0.2, -0.15) is 0 Å². The monoisotopic (exact) mass is 284 g/mol. The molecule has 0 amide bonds. The minimum atomic E-state index is -0.529. The van der Waals surface area contributed by atoms with E-state index in [2.05, 4.69) is 4.98 Å². The number of rotatable bonds is 3. The average molecular weight is 285 g/mol. The topological polar surface area (TPSA) is 65.3 Å². The zero-order valence-corrected chi connectivity index (χ0v) is 10.4. The molecule has 0 aliphatic carbocycles. The van der Waals surface area contributed by atoms with E-state index in [1.165, 1.54) is 30.5 Å². The maximum absolute atomic E-state index is 10.6. The predicted molar refractivity (Wildman–Crippen MR) is 67.4 cm³/mol. The van der Waals surface area contributed by atoms with Gasteiger partial charge in [-0.1, -0.05) is 23.2 Å². The second-order valence-corrected chi connectivity index (χ2v) is 4.13. The molecule has 0 bridgehead atoms. The van der Waals surface area contributed by atoms with Gasteiger partial charge in [-0.05, 0) is 12.1 Å². The number of aromatic nitrogens is 1. The number of halogens is 2. The van der Waals surface area contributed by atoms with E-state index in [0.717, 1.165) is 0 Å². The number of nitrogens with zero attached hydrogens (tertiary/aromatic N) is 2. The first-order valence-electron chi connectivity index (χ1n) is 4.79. The molecule has 1 aromatic heterocycles. The largest absolute Gasteiger partial charge is 0.437 e. The smallest absolute Gasteiger partial charge is 0.273 e. The van der Waals surface area contributed by atoms with Crippen LogP contribution in [-0.4, -0.2) is 9.91 Å². The van der Waals surface area contributed by atoms with Gasteiger partial charge in [-0.15, -0.1) is 0 Å². The van der Waals surface area contributed by atoms with Gasteiger partial charge in [0.2, 0.25) is 5.88 Å². The van der Waals surface area contributed by atoms with Crippen LogP contribution in [0.15, 0.2) is 36.5 Å². The lowest BCUT2D eigenvalue weighted by molar-refractivity contribution is -0.384. The summed E-state index contributed by atoms with van der Waals surface area (Å²) in [6, 6.07) is 7.06. The third kappa shape index (κ3) is 2.88. The lowest BCUT2D eigenvalue weighted by Crippen LogP contribution is -1.91. The van der Waals surface area contributed by atoms with Gasteiger partial charge in [0, 0.05) is 18.3 Å². The molecular formula is C11H6Cl2N2O3. The molecule has 0 spiro atoms. The zero-order chi connectivity index (χ0) is 13.1. The molecule has 0 saturated carbocycles. The number of non-ortho nitro benzene ring substituents is 1. The molecule has 1 aromatic carbocycles. The SMILES string of the molecule is O=[N+]([O-])c1ccc(Cl)c(Oc2ccc(Cl)cn2)c1. The van der Waals surface area contributed by atoms with Crippen LogP contribution in [0.25, 0.3) is 0 Å². The molecule has 92 valence electrons. The lowest BCUT2D eigenvalue weighted by Gasteiger charge is -2.06. The number of hydrogen-bond acceptors (Lipinski definition) is 4. The van der Waals surface area contributed by atoms with Crippen LogP contribution in [0, 0.1) is 10.1 Å². The molecule has 1 heterocycles. The summed E-state index contributed by atoms with van der Waals surface area (Å²) in [5, 5.41) is 11.4. The van der Waals surface area contributed by atoms with Crippen molar-refractivity contribution in [3.05, 3.63) is 56.7 Å². The van der Waals surface area contributed by atoms with Crippen LogP contribution in [0.1, 0.15) is 0 Å². The van der Waals surface area contributed by atoms with E-state index in [9.17, 15) is 10.1 Å². The van der Waals surface area contributed by atoms with Crippen molar-refractivity contribution in [1.29, 1.82) is 0 Å². The van der Waals surface area contributed by atoms with E-state index < -0.39 is 4.92 Å². The molecule has 0 atom stereocenters. The summed E-state index contributed by atoms with van der Waals surface area (Å²) in [6.45, 7) is 0. The Morgan fingerprint density at radius 3 is 2.61 bits per heavy atom. The van der Waals surface area contributed by atoms with E-state index in [1.807, 2.05) is 0 Å². The van der Waals surface area contributed by atoms with Gasteiger partial charge < -0.3 is 4.74 Å². The first-order chi connectivity index (χ1) is 8.56. The molecule has 0 N–H and O–H groups in total. The van der Waals surface area contributed by atoms with Crippen molar-refractivity contribution in [2.75, 3.05) is 0 Å². The van der Waals surface area contributed by atoms with Crippen LogP contribution in [-0.2, 0) is 0 Å². The lowest BCUT2D eigenvalue weighted by atomic mass is 10.3. The highest BCUT2D eigenvalue weighted by Gasteiger charge is 2.11. The zero-order valence-electron chi connectivity index (χ0n) is 8.84. The Balaban J connectivity index is 2.30. The Morgan fingerprint density at radius 2 is 2.00 bits per heavy atom. The molecule has 0 fully saturated rings. The minimum Gasteiger partial charge on any atom is -0.437 e. The first kappa shape index (κ1) is 12.6. The van der Waals surface area contributed by atoms with E-state index in [1.54, 1.807) is 6.07 Å². The van der Waals surface area contributed by atoms with Crippen molar-refractivity contribution in [2.24, 2.45) is 0 Å². The number of nitro groups is 1. The summed E-state index contributed by atoms with van der Waals surface area (Å²) < 4.78 is 5.35. The van der Waals surface area contributed by atoms with E-state index in [0.29, 0.717) is 5.02 Å². The second-order valence-electron chi connectivity index (χ2n) is 3.29. The quantitative estimate of drug-likeness (QED) is 0.629. The van der Waals surface area contributed by atoms with Crippen molar-refractivity contribution in [2.45, 2.75) is 0 Å². The summed E-state index contributed by atoms with van der Waals surface area (Å²) >= 11 is 11.6. The van der Waals surface area contributed by atoms with Crippen LogP contribution in [0.3, 0.4) is 0 Å². The van der Waals surface area contributed by atoms with E-state index in [4.69, 9.17) is 27.9 Å². The maximum atomic E-state index is 10.6. The minimum absolute atomic E-state index is 0.108. The summed E-state index contributed by atoms with van der Waals surface area (Å²) in [5.41, 5.74) is -0.108. The molecule has 7 heteroatoms. The Bertz CT molecular complexity index is 587. The van der Waals surface area contributed by atoms with Crippen molar-refractivity contribution in [3.63, 3.8) is 0 Å². The molecule has 18 heavy (non-hydrogen) atoms. The first-order valence-corrected chi connectivity index (χ1v) is 5.55.